The first-order chi connectivity index (χ1) is 18.8. The fraction of sp³-hybridized carbons (Fsp3) is 0.581. The predicted octanol–water partition coefficient (Wildman–Crippen LogP) is 4.11. The van der Waals surface area contributed by atoms with Crippen molar-refractivity contribution in [1.82, 2.24) is 15.5 Å². The van der Waals surface area contributed by atoms with Gasteiger partial charge in [0.25, 0.3) is 0 Å². The van der Waals surface area contributed by atoms with Crippen LogP contribution in [0.2, 0.25) is 0 Å². The Kier molecular flexibility index (Phi) is 12.8. The molecule has 1 fully saturated rings. The average molecular weight is 546 g/mol. The Balaban J connectivity index is 1.65. The molecule has 8 heteroatoms. The van der Waals surface area contributed by atoms with Crippen LogP contribution < -0.4 is 10.6 Å². The summed E-state index contributed by atoms with van der Waals surface area (Å²) in [6, 6.07) is 10.2. The summed E-state index contributed by atoms with van der Waals surface area (Å²) in [7, 11) is 0. The molecule has 2 aromatic rings. The molecule has 0 spiro atoms. The number of aryl methyl sites for hydroxylation is 1. The van der Waals surface area contributed by atoms with Crippen LogP contribution in [0, 0.1) is 11.6 Å². The van der Waals surface area contributed by atoms with Gasteiger partial charge in [0.2, 0.25) is 5.91 Å². The van der Waals surface area contributed by atoms with Crippen molar-refractivity contribution in [2.75, 3.05) is 19.6 Å². The van der Waals surface area contributed by atoms with Crippen LogP contribution in [0.3, 0.4) is 0 Å². The Morgan fingerprint density at radius 1 is 1.03 bits per heavy atom. The highest BCUT2D eigenvalue weighted by atomic mass is 19.1. The standard InChI is InChI=1S/C31H45F2N3O3/c1-3-5-6-7-8-12-36-21-27(37)18-29(36)31(39)35-28(16-24-14-25(32)17-26(33)15-24)30(38)20-34-19-23-11-9-10-22(4-2)13-23/h9-11,13-15,17,27-30,34,37-38H,3-8,12,16,18-21H2,1-2H3,(H,35,39)/t27?,28-,29-,30-/m0/s1. The lowest BCUT2D eigenvalue weighted by Crippen LogP contribution is -2.53. The van der Waals surface area contributed by atoms with Crippen LogP contribution in [0.5, 0.6) is 0 Å². The molecule has 0 radical (unpaired) electrons. The number of aliphatic hydroxyl groups excluding tert-OH is 2. The van der Waals surface area contributed by atoms with Crippen LogP contribution in [0.15, 0.2) is 42.5 Å². The number of likely N-dealkylation sites (tertiary alicyclic amines) is 1. The molecular formula is C31H45F2N3O3. The van der Waals surface area contributed by atoms with Gasteiger partial charge in [0.15, 0.2) is 0 Å². The third kappa shape index (κ3) is 10.3. The van der Waals surface area contributed by atoms with Crippen LogP contribution in [0.4, 0.5) is 8.78 Å². The maximum atomic E-state index is 13.9. The Labute approximate surface area is 231 Å². The van der Waals surface area contributed by atoms with Gasteiger partial charge in [0.1, 0.15) is 11.6 Å². The van der Waals surface area contributed by atoms with Gasteiger partial charge in [-0.25, -0.2) is 8.78 Å². The number of benzene rings is 2. The molecule has 1 unspecified atom stereocenters. The Bertz CT molecular complexity index is 1020. The summed E-state index contributed by atoms with van der Waals surface area (Å²) in [5.74, 6) is -1.69. The molecule has 216 valence electrons. The molecule has 0 bridgehead atoms. The molecule has 0 aromatic heterocycles. The summed E-state index contributed by atoms with van der Waals surface area (Å²) in [5, 5.41) is 27.6. The largest absolute Gasteiger partial charge is 0.392 e. The lowest BCUT2D eigenvalue weighted by molar-refractivity contribution is -0.127. The molecule has 1 heterocycles. The second kappa shape index (κ2) is 16.0. The summed E-state index contributed by atoms with van der Waals surface area (Å²) >= 11 is 0. The van der Waals surface area contributed by atoms with E-state index in [0.29, 0.717) is 25.1 Å². The van der Waals surface area contributed by atoms with E-state index in [2.05, 4.69) is 36.6 Å². The first-order valence-corrected chi connectivity index (χ1v) is 14.4. The Morgan fingerprint density at radius 2 is 1.74 bits per heavy atom. The summed E-state index contributed by atoms with van der Waals surface area (Å²) in [6.45, 7) is 6.15. The van der Waals surface area contributed by atoms with Crippen molar-refractivity contribution in [2.45, 2.75) is 96.1 Å². The normalized spacial score (nSPS) is 19.2. The lowest BCUT2D eigenvalue weighted by atomic mass is 9.99. The fourth-order valence-electron chi connectivity index (χ4n) is 5.33. The second-order valence-corrected chi connectivity index (χ2v) is 10.8. The SMILES string of the molecule is CCCCCCCN1CC(O)C[C@H]1C(=O)N[C@@H](Cc1cc(F)cc(F)c1)[C@@H](O)CNCc1cccc(CC)c1. The number of hydrogen-bond acceptors (Lipinski definition) is 5. The quantitative estimate of drug-likeness (QED) is 0.239. The summed E-state index contributed by atoms with van der Waals surface area (Å²) in [6.07, 6.45) is 5.27. The zero-order valence-corrected chi connectivity index (χ0v) is 23.3. The van der Waals surface area contributed by atoms with E-state index in [1.165, 1.54) is 24.1 Å². The molecule has 0 aliphatic carbocycles. The van der Waals surface area contributed by atoms with Crippen molar-refractivity contribution in [2.24, 2.45) is 0 Å². The highest BCUT2D eigenvalue weighted by Gasteiger charge is 2.37. The zero-order valence-electron chi connectivity index (χ0n) is 23.3. The van der Waals surface area contributed by atoms with E-state index in [1.807, 2.05) is 17.0 Å². The number of nitrogens with zero attached hydrogens (tertiary/aromatic N) is 1. The third-order valence-corrected chi connectivity index (χ3v) is 7.49. The van der Waals surface area contributed by atoms with E-state index >= 15 is 0 Å². The van der Waals surface area contributed by atoms with Crippen molar-refractivity contribution in [3.8, 4) is 0 Å². The number of β-amino-alcohol motifs (C(OH)–C–C–N with tert-alkyl or cyclic N) is 1. The highest BCUT2D eigenvalue weighted by molar-refractivity contribution is 5.82. The molecule has 2 aromatic carbocycles. The van der Waals surface area contributed by atoms with E-state index in [-0.39, 0.29) is 18.9 Å². The number of amides is 1. The number of rotatable bonds is 16. The molecule has 1 amide bonds. The van der Waals surface area contributed by atoms with Gasteiger partial charge in [0.05, 0.1) is 24.3 Å². The van der Waals surface area contributed by atoms with Crippen molar-refractivity contribution >= 4 is 5.91 Å². The number of unbranched alkanes of at least 4 members (excludes halogenated alkanes) is 4. The van der Waals surface area contributed by atoms with Crippen LogP contribution in [0.25, 0.3) is 0 Å². The Morgan fingerprint density at radius 3 is 2.46 bits per heavy atom. The van der Waals surface area contributed by atoms with E-state index in [4.69, 9.17) is 0 Å². The van der Waals surface area contributed by atoms with Crippen LogP contribution in [-0.2, 0) is 24.2 Å². The van der Waals surface area contributed by atoms with Crippen LogP contribution >= 0.6 is 0 Å². The molecule has 3 rings (SSSR count). The topological polar surface area (TPSA) is 84.8 Å². The van der Waals surface area contributed by atoms with Gasteiger partial charge in [-0.2, -0.15) is 0 Å². The summed E-state index contributed by atoms with van der Waals surface area (Å²) in [4.78, 5) is 15.4. The van der Waals surface area contributed by atoms with Gasteiger partial charge >= 0.3 is 0 Å². The first-order valence-electron chi connectivity index (χ1n) is 14.4. The van der Waals surface area contributed by atoms with Gasteiger partial charge in [-0.05, 0) is 61.1 Å². The minimum atomic E-state index is -0.997. The van der Waals surface area contributed by atoms with Crippen molar-refractivity contribution in [1.29, 1.82) is 0 Å². The van der Waals surface area contributed by atoms with E-state index in [9.17, 15) is 23.8 Å². The third-order valence-electron chi connectivity index (χ3n) is 7.49. The van der Waals surface area contributed by atoms with Gasteiger partial charge in [-0.1, -0.05) is 63.8 Å². The molecular weight excluding hydrogens is 500 g/mol. The summed E-state index contributed by atoms with van der Waals surface area (Å²) in [5.41, 5.74) is 2.66. The molecule has 1 aliphatic heterocycles. The number of hydrogen-bond donors (Lipinski definition) is 4. The van der Waals surface area contributed by atoms with Gasteiger partial charge in [-0.15, -0.1) is 0 Å². The molecule has 4 N–H and O–H groups in total. The lowest BCUT2D eigenvalue weighted by Gasteiger charge is -2.29. The minimum Gasteiger partial charge on any atom is -0.392 e. The summed E-state index contributed by atoms with van der Waals surface area (Å²) < 4.78 is 27.8. The number of halogens is 2. The second-order valence-electron chi connectivity index (χ2n) is 10.8. The minimum absolute atomic E-state index is 0.0703. The molecule has 6 nitrogen and oxygen atoms in total. The number of nitrogens with one attached hydrogen (secondary N) is 2. The molecule has 39 heavy (non-hydrogen) atoms. The van der Waals surface area contributed by atoms with Gasteiger partial charge in [-0.3, -0.25) is 9.69 Å². The number of aliphatic hydroxyl groups is 2. The highest BCUT2D eigenvalue weighted by Crippen LogP contribution is 2.20. The number of carbonyl (C=O) groups excluding carboxylic acids is 1. The molecule has 1 saturated heterocycles. The van der Waals surface area contributed by atoms with Crippen molar-refractivity contribution < 1.29 is 23.8 Å². The van der Waals surface area contributed by atoms with Crippen LogP contribution in [0.1, 0.15) is 69.1 Å². The molecule has 1 aliphatic rings. The van der Waals surface area contributed by atoms with E-state index < -0.39 is 35.9 Å². The van der Waals surface area contributed by atoms with E-state index in [0.717, 1.165) is 50.3 Å². The molecule has 0 saturated carbocycles. The van der Waals surface area contributed by atoms with Gasteiger partial charge in [0, 0.05) is 25.7 Å². The average Bonchev–Trinajstić information content (AvgIpc) is 3.28. The van der Waals surface area contributed by atoms with Crippen LogP contribution in [-0.4, -0.2) is 64.9 Å². The monoisotopic (exact) mass is 545 g/mol. The smallest absolute Gasteiger partial charge is 0.237 e. The van der Waals surface area contributed by atoms with Gasteiger partial charge < -0.3 is 20.8 Å². The predicted molar refractivity (Wildman–Crippen MR) is 150 cm³/mol. The van der Waals surface area contributed by atoms with Crippen molar-refractivity contribution in [3.63, 3.8) is 0 Å². The van der Waals surface area contributed by atoms with E-state index in [1.54, 1.807) is 0 Å². The molecule has 4 atom stereocenters. The maximum Gasteiger partial charge on any atom is 0.237 e. The Hall–Kier alpha value is -2.39. The maximum absolute atomic E-state index is 13.9. The fourth-order valence-corrected chi connectivity index (χ4v) is 5.33. The number of carbonyl (C=O) groups is 1. The van der Waals surface area contributed by atoms with Crippen molar-refractivity contribution in [3.05, 3.63) is 70.8 Å². The zero-order chi connectivity index (χ0) is 28.2. The first kappa shape index (κ1) is 31.1.